The first-order chi connectivity index (χ1) is 17.1. The van der Waals surface area contributed by atoms with Crippen LogP contribution in [0.2, 0.25) is 0 Å². The van der Waals surface area contributed by atoms with Gasteiger partial charge in [0.2, 0.25) is 16.0 Å². The normalized spacial score (nSPS) is 11.8. The van der Waals surface area contributed by atoms with Crippen LogP contribution >= 0.6 is 11.3 Å². The van der Waals surface area contributed by atoms with Crippen LogP contribution in [0.3, 0.4) is 0 Å². The van der Waals surface area contributed by atoms with Crippen molar-refractivity contribution >= 4 is 33.2 Å². The Morgan fingerprint density at radius 1 is 1.19 bits per heavy atom. The van der Waals surface area contributed by atoms with Gasteiger partial charge in [-0.2, -0.15) is 4.52 Å². The Bertz CT molecular complexity index is 1330. The maximum atomic E-state index is 12.6. The van der Waals surface area contributed by atoms with Crippen molar-refractivity contribution in [2.75, 3.05) is 30.4 Å². The Morgan fingerprint density at radius 2 is 1.92 bits per heavy atom. The lowest BCUT2D eigenvalue weighted by Crippen LogP contribution is -2.36. The fourth-order valence-electron chi connectivity index (χ4n) is 3.98. The maximum Gasteiger partial charge on any atom is 0.239 e. The summed E-state index contributed by atoms with van der Waals surface area (Å²) in [4.78, 5) is 20.1. The predicted octanol–water partition coefficient (Wildman–Crippen LogP) is 4.63. The van der Waals surface area contributed by atoms with Gasteiger partial charge in [0.05, 0.1) is 12.2 Å². The van der Waals surface area contributed by atoms with Crippen LogP contribution in [0.1, 0.15) is 50.3 Å². The molecule has 4 aromatic rings. The average molecular weight is 510 g/mol. The standard InChI is InChI=1S/C26H35N7O2S/c1-8-18-9-11-19(12-10-18)22-23(29-26(4,5)6)33-24(28-22)36-25(30-33)32(7)15-21(34)27-14-13-20-16(2)31-35-17(20)3/h9-12,29H,8,13-15H2,1-7H3,(H,27,34). The molecule has 36 heavy (non-hydrogen) atoms. The molecule has 0 saturated heterocycles. The van der Waals surface area contributed by atoms with E-state index in [-0.39, 0.29) is 18.0 Å². The number of fused-ring (bicyclic) bond motifs is 1. The molecule has 0 atom stereocenters. The minimum Gasteiger partial charge on any atom is -0.364 e. The zero-order valence-electron chi connectivity index (χ0n) is 22.1. The molecule has 0 saturated carbocycles. The number of aromatic nitrogens is 4. The van der Waals surface area contributed by atoms with Crippen molar-refractivity contribution in [2.24, 2.45) is 0 Å². The Kier molecular flexibility index (Phi) is 7.35. The minimum atomic E-state index is -0.176. The molecule has 4 rings (SSSR count). The van der Waals surface area contributed by atoms with Gasteiger partial charge in [0, 0.05) is 30.3 Å². The first kappa shape index (κ1) is 25.7. The van der Waals surface area contributed by atoms with E-state index in [1.807, 2.05) is 30.3 Å². The molecule has 0 bridgehead atoms. The van der Waals surface area contributed by atoms with Crippen LogP contribution in [-0.4, -0.2) is 51.3 Å². The van der Waals surface area contributed by atoms with Gasteiger partial charge < -0.3 is 20.1 Å². The number of likely N-dealkylation sites (N-methyl/N-ethyl adjacent to an activating group) is 1. The van der Waals surface area contributed by atoms with Gasteiger partial charge in [-0.05, 0) is 53.0 Å². The van der Waals surface area contributed by atoms with Crippen LogP contribution < -0.4 is 15.5 Å². The highest BCUT2D eigenvalue weighted by molar-refractivity contribution is 7.20. The van der Waals surface area contributed by atoms with E-state index in [9.17, 15) is 4.79 Å². The summed E-state index contributed by atoms with van der Waals surface area (Å²) in [6.07, 6.45) is 1.68. The fraction of sp³-hybridized carbons (Fsp3) is 0.462. The zero-order valence-corrected chi connectivity index (χ0v) is 22.9. The number of carbonyl (C=O) groups is 1. The van der Waals surface area contributed by atoms with Crippen LogP contribution in [0, 0.1) is 13.8 Å². The van der Waals surface area contributed by atoms with E-state index >= 15 is 0 Å². The Labute approximate surface area is 215 Å². The van der Waals surface area contributed by atoms with Gasteiger partial charge in [0.25, 0.3) is 0 Å². The van der Waals surface area contributed by atoms with E-state index in [1.165, 1.54) is 16.9 Å². The SMILES string of the molecule is CCc1ccc(-c2nc3sc(N(C)CC(=O)NCCc4c(C)noc4C)nn3c2NC(C)(C)C)cc1. The Morgan fingerprint density at radius 3 is 2.53 bits per heavy atom. The molecule has 10 heteroatoms. The molecule has 0 radical (unpaired) electrons. The Hall–Kier alpha value is -3.40. The number of anilines is 2. The summed E-state index contributed by atoms with van der Waals surface area (Å²) in [5.41, 5.74) is 4.94. The Balaban J connectivity index is 1.49. The molecule has 1 aromatic carbocycles. The van der Waals surface area contributed by atoms with Gasteiger partial charge in [-0.25, -0.2) is 4.98 Å². The van der Waals surface area contributed by atoms with Crippen LogP contribution in [0.15, 0.2) is 28.8 Å². The quantitative estimate of drug-likeness (QED) is 0.339. The first-order valence-electron chi connectivity index (χ1n) is 12.2. The summed E-state index contributed by atoms with van der Waals surface area (Å²) >= 11 is 1.46. The number of nitrogens with zero attached hydrogens (tertiary/aromatic N) is 5. The van der Waals surface area contributed by atoms with Crippen molar-refractivity contribution in [3.8, 4) is 11.3 Å². The van der Waals surface area contributed by atoms with Crippen molar-refractivity contribution in [1.29, 1.82) is 0 Å². The van der Waals surface area contributed by atoms with E-state index in [0.29, 0.717) is 13.0 Å². The topological polar surface area (TPSA) is 101 Å². The van der Waals surface area contributed by atoms with Crippen LogP contribution in [0.4, 0.5) is 10.9 Å². The lowest BCUT2D eigenvalue weighted by molar-refractivity contribution is -0.119. The largest absolute Gasteiger partial charge is 0.364 e. The van der Waals surface area contributed by atoms with Gasteiger partial charge in [0.15, 0.2) is 5.82 Å². The third kappa shape index (κ3) is 5.70. The highest BCUT2D eigenvalue weighted by atomic mass is 32.1. The molecule has 0 spiro atoms. The smallest absolute Gasteiger partial charge is 0.239 e. The summed E-state index contributed by atoms with van der Waals surface area (Å²) in [6, 6.07) is 8.50. The van der Waals surface area contributed by atoms with Gasteiger partial charge in [-0.3, -0.25) is 4.79 Å². The highest BCUT2D eigenvalue weighted by Gasteiger charge is 2.23. The molecular formula is C26H35N7O2S. The second kappa shape index (κ2) is 10.3. The molecule has 1 amide bonds. The minimum absolute atomic E-state index is 0.0677. The summed E-state index contributed by atoms with van der Waals surface area (Å²) in [5, 5.41) is 16.1. The van der Waals surface area contributed by atoms with Crippen molar-refractivity contribution < 1.29 is 9.32 Å². The van der Waals surface area contributed by atoms with Gasteiger partial charge >= 0.3 is 0 Å². The molecule has 0 aliphatic rings. The summed E-state index contributed by atoms with van der Waals surface area (Å²) in [7, 11) is 1.87. The number of nitrogens with one attached hydrogen (secondary N) is 2. The van der Waals surface area contributed by atoms with Crippen molar-refractivity contribution in [1.82, 2.24) is 25.1 Å². The molecule has 2 N–H and O–H groups in total. The summed E-state index contributed by atoms with van der Waals surface area (Å²) < 4.78 is 7.04. The number of hydrogen-bond acceptors (Lipinski definition) is 8. The number of benzene rings is 1. The second-order valence-corrected chi connectivity index (χ2v) is 11.0. The lowest BCUT2D eigenvalue weighted by Gasteiger charge is -2.22. The third-order valence-electron chi connectivity index (χ3n) is 5.91. The molecular weight excluding hydrogens is 474 g/mol. The molecule has 0 aliphatic heterocycles. The zero-order chi connectivity index (χ0) is 26.0. The average Bonchev–Trinajstić information content (AvgIpc) is 3.48. The van der Waals surface area contributed by atoms with Crippen LogP contribution in [0.5, 0.6) is 0 Å². The van der Waals surface area contributed by atoms with Gasteiger partial charge in [0.1, 0.15) is 11.5 Å². The van der Waals surface area contributed by atoms with Crippen molar-refractivity contribution in [3.05, 3.63) is 46.8 Å². The van der Waals surface area contributed by atoms with Crippen LogP contribution in [0.25, 0.3) is 16.2 Å². The summed E-state index contributed by atoms with van der Waals surface area (Å²) in [6.45, 7) is 13.0. The summed E-state index contributed by atoms with van der Waals surface area (Å²) in [5.74, 6) is 1.58. The van der Waals surface area contributed by atoms with E-state index in [0.717, 1.165) is 50.6 Å². The maximum absolute atomic E-state index is 12.6. The van der Waals surface area contributed by atoms with Crippen LogP contribution in [-0.2, 0) is 17.6 Å². The van der Waals surface area contributed by atoms with Gasteiger partial charge in [-0.1, -0.05) is 47.7 Å². The van der Waals surface area contributed by atoms with E-state index < -0.39 is 0 Å². The van der Waals surface area contributed by atoms with E-state index in [1.54, 1.807) is 0 Å². The monoisotopic (exact) mass is 509 g/mol. The molecule has 0 aliphatic carbocycles. The number of amides is 1. The van der Waals surface area contributed by atoms with Crippen molar-refractivity contribution in [3.63, 3.8) is 0 Å². The number of rotatable bonds is 9. The molecule has 9 nitrogen and oxygen atoms in total. The second-order valence-electron chi connectivity index (χ2n) is 10.1. The molecule has 3 aromatic heterocycles. The number of hydrogen-bond donors (Lipinski definition) is 2. The molecule has 0 fully saturated rings. The number of imidazole rings is 1. The molecule has 3 heterocycles. The lowest BCUT2D eigenvalue weighted by atomic mass is 10.1. The molecule has 192 valence electrons. The van der Waals surface area contributed by atoms with E-state index in [2.05, 4.69) is 67.8 Å². The number of carbonyl (C=O) groups excluding carboxylic acids is 1. The van der Waals surface area contributed by atoms with Crippen molar-refractivity contribution in [2.45, 2.75) is 59.9 Å². The van der Waals surface area contributed by atoms with E-state index in [4.69, 9.17) is 14.6 Å². The first-order valence-corrected chi connectivity index (χ1v) is 13.0. The third-order valence-corrected chi connectivity index (χ3v) is 6.93. The highest BCUT2D eigenvalue weighted by Crippen LogP contribution is 2.34. The fourth-order valence-corrected chi connectivity index (χ4v) is 4.85. The van der Waals surface area contributed by atoms with Gasteiger partial charge in [-0.15, -0.1) is 5.10 Å². The molecule has 0 unspecified atom stereocenters. The predicted molar refractivity (Wildman–Crippen MR) is 145 cm³/mol. The number of aryl methyl sites for hydroxylation is 3.